The maximum Gasteiger partial charge on any atom is 0.0754 e. The molecule has 1 fully saturated rings. The number of rotatable bonds is 4. The minimum atomic E-state index is 0.567. The average molecular weight is 250 g/mol. The Kier molecular flexibility index (Phi) is 4.27. The van der Waals surface area contributed by atoms with Crippen molar-refractivity contribution < 1.29 is 0 Å². The molecule has 1 saturated heterocycles. The van der Waals surface area contributed by atoms with Crippen LogP contribution in [0, 0.1) is 5.92 Å². The molecule has 0 amide bonds. The van der Waals surface area contributed by atoms with Gasteiger partial charge in [-0.1, -0.05) is 13.8 Å². The van der Waals surface area contributed by atoms with Crippen molar-refractivity contribution in [1.29, 1.82) is 0 Å². The molecular formula is C14H26N4. The molecule has 3 atom stereocenters. The van der Waals surface area contributed by atoms with Gasteiger partial charge >= 0.3 is 0 Å². The van der Waals surface area contributed by atoms with Gasteiger partial charge in [-0.3, -0.25) is 4.68 Å². The number of aromatic nitrogens is 2. The first-order valence-corrected chi connectivity index (χ1v) is 7.12. The second-order valence-electron chi connectivity index (χ2n) is 5.51. The molecule has 1 aliphatic heterocycles. The van der Waals surface area contributed by atoms with Crippen molar-refractivity contribution in [2.75, 3.05) is 18.0 Å². The summed E-state index contributed by atoms with van der Waals surface area (Å²) in [5.74, 6) is 0.672. The van der Waals surface area contributed by atoms with Gasteiger partial charge in [0.2, 0.25) is 0 Å². The summed E-state index contributed by atoms with van der Waals surface area (Å²) < 4.78 is 1.88. The summed E-state index contributed by atoms with van der Waals surface area (Å²) in [4.78, 5) is 2.49. The fourth-order valence-corrected chi connectivity index (χ4v) is 2.90. The zero-order valence-corrected chi connectivity index (χ0v) is 12.1. The molecule has 1 aromatic heterocycles. The fourth-order valence-electron chi connectivity index (χ4n) is 2.90. The quantitative estimate of drug-likeness (QED) is 0.887. The third kappa shape index (κ3) is 2.69. The Hall–Kier alpha value is -1.03. The average Bonchev–Trinajstić information content (AvgIpc) is 2.78. The summed E-state index contributed by atoms with van der Waals surface area (Å²) in [5.41, 5.74) is 1.26. The number of hydrogen-bond donors (Lipinski definition) is 1. The predicted octanol–water partition coefficient (Wildman–Crippen LogP) is 2.02. The van der Waals surface area contributed by atoms with E-state index >= 15 is 0 Å². The highest BCUT2D eigenvalue weighted by atomic mass is 15.3. The molecule has 1 aromatic rings. The Morgan fingerprint density at radius 1 is 1.44 bits per heavy atom. The molecule has 1 N–H and O–H groups in total. The number of nitrogens with zero attached hydrogens (tertiary/aromatic N) is 3. The molecule has 2 rings (SSSR count). The van der Waals surface area contributed by atoms with E-state index in [0.29, 0.717) is 18.0 Å². The summed E-state index contributed by atoms with van der Waals surface area (Å²) in [6, 6.07) is 1.23. The minimum absolute atomic E-state index is 0.567. The van der Waals surface area contributed by atoms with E-state index in [0.717, 1.165) is 13.1 Å². The summed E-state index contributed by atoms with van der Waals surface area (Å²) >= 11 is 0. The molecule has 0 saturated carbocycles. The lowest BCUT2D eigenvalue weighted by Crippen LogP contribution is -2.53. The summed E-state index contributed by atoms with van der Waals surface area (Å²) in [6.07, 6.45) is 6.52. The highest BCUT2D eigenvalue weighted by Gasteiger charge is 2.32. The molecular weight excluding hydrogens is 224 g/mol. The van der Waals surface area contributed by atoms with E-state index in [4.69, 9.17) is 0 Å². The van der Waals surface area contributed by atoms with Crippen LogP contribution in [0.1, 0.15) is 33.6 Å². The van der Waals surface area contributed by atoms with Gasteiger partial charge in [-0.15, -0.1) is 0 Å². The third-order valence-electron chi connectivity index (χ3n) is 4.25. The number of aryl methyl sites for hydroxylation is 1. The maximum atomic E-state index is 4.28. The van der Waals surface area contributed by atoms with Gasteiger partial charge in [0.25, 0.3) is 0 Å². The lowest BCUT2D eigenvalue weighted by molar-refractivity contribution is 0.271. The number of piperidine rings is 1. The molecule has 0 aliphatic carbocycles. The number of anilines is 1. The van der Waals surface area contributed by atoms with Crippen LogP contribution in [-0.4, -0.2) is 35.0 Å². The summed E-state index contributed by atoms with van der Waals surface area (Å²) in [5, 5.41) is 7.96. The van der Waals surface area contributed by atoms with Gasteiger partial charge in [-0.2, -0.15) is 5.10 Å². The van der Waals surface area contributed by atoms with Gasteiger partial charge in [0.1, 0.15) is 0 Å². The van der Waals surface area contributed by atoms with Crippen LogP contribution in [0.5, 0.6) is 0 Å². The van der Waals surface area contributed by atoms with Crippen LogP contribution in [0.4, 0.5) is 5.69 Å². The summed E-state index contributed by atoms with van der Waals surface area (Å²) in [6.45, 7) is 9.18. The van der Waals surface area contributed by atoms with Crippen LogP contribution in [-0.2, 0) is 7.05 Å². The van der Waals surface area contributed by atoms with Crippen LogP contribution < -0.4 is 10.2 Å². The van der Waals surface area contributed by atoms with Gasteiger partial charge in [-0.05, 0) is 32.2 Å². The highest BCUT2D eigenvalue weighted by Crippen LogP contribution is 2.28. The van der Waals surface area contributed by atoms with E-state index in [-0.39, 0.29) is 0 Å². The molecule has 0 bridgehead atoms. The Bertz CT molecular complexity index is 374. The Morgan fingerprint density at radius 2 is 2.22 bits per heavy atom. The second-order valence-corrected chi connectivity index (χ2v) is 5.51. The van der Waals surface area contributed by atoms with Gasteiger partial charge < -0.3 is 10.2 Å². The van der Waals surface area contributed by atoms with E-state index in [1.807, 2.05) is 17.9 Å². The van der Waals surface area contributed by atoms with E-state index in [9.17, 15) is 0 Å². The predicted molar refractivity (Wildman–Crippen MR) is 75.9 cm³/mol. The Morgan fingerprint density at radius 3 is 2.83 bits per heavy atom. The van der Waals surface area contributed by atoms with E-state index in [1.54, 1.807) is 0 Å². The molecule has 0 radical (unpaired) electrons. The maximum absolute atomic E-state index is 4.28. The lowest BCUT2D eigenvalue weighted by Gasteiger charge is -2.43. The number of nitrogens with one attached hydrogen (secondary N) is 1. The Labute approximate surface area is 110 Å². The van der Waals surface area contributed by atoms with Crippen molar-refractivity contribution in [1.82, 2.24) is 15.1 Å². The largest absolute Gasteiger partial charge is 0.366 e. The van der Waals surface area contributed by atoms with Gasteiger partial charge in [0, 0.05) is 31.9 Å². The first kappa shape index (κ1) is 13.4. The van der Waals surface area contributed by atoms with Crippen LogP contribution in [0.2, 0.25) is 0 Å². The molecule has 18 heavy (non-hydrogen) atoms. The van der Waals surface area contributed by atoms with Crippen molar-refractivity contribution in [3.05, 3.63) is 12.4 Å². The SMILES string of the molecule is CCCNC1CCN(c2cnn(C)c2)C(C)C1C. The molecule has 2 heterocycles. The van der Waals surface area contributed by atoms with Crippen molar-refractivity contribution in [2.45, 2.75) is 45.7 Å². The topological polar surface area (TPSA) is 33.1 Å². The van der Waals surface area contributed by atoms with Crippen molar-refractivity contribution in [3.8, 4) is 0 Å². The van der Waals surface area contributed by atoms with Gasteiger partial charge in [-0.25, -0.2) is 0 Å². The monoisotopic (exact) mass is 250 g/mol. The molecule has 4 nitrogen and oxygen atoms in total. The van der Waals surface area contributed by atoms with Crippen LogP contribution in [0.25, 0.3) is 0 Å². The van der Waals surface area contributed by atoms with Crippen molar-refractivity contribution >= 4 is 5.69 Å². The third-order valence-corrected chi connectivity index (χ3v) is 4.25. The standard InChI is InChI=1S/C14H26N4/c1-5-7-15-14-6-8-18(12(3)11(14)2)13-9-16-17(4)10-13/h9-12,14-15H,5-8H2,1-4H3. The minimum Gasteiger partial charge on any atom is -0.366 e. The van der Waals surface area contributed by atoms with Crippen LogP contribution in [0.15, 0.2) is 12.4 Å². The number of hydrogen-bond acceptors (Lipinski definition) is 3. The lowest BCUT2D eigenvalue weighted by atomic mass is 9.86. The van der Waals surface area contributed by atoms with E-state index in [1.165, 1.54) is 18.5 Å². The van der Waals surface area contributed by atoms with Crippen molar-refractivity contribution in [2.24, 2.45) is 13.0 Å². The molecule has 1 aliphatic rings. The second kappa shape index (κ2) is 5.74. The first-order valence-electron chi connectivity index (χ1n) is 7.12. The fraction of sp³-hybridized carbons (Fsp3) is 0.786. The van der Waals surface area contributed by atoms with Gasteiger partial charge in [0.15, 0.2) is 0 Å². The van der Waals surface area contributed by atoms with Crippen molar-refractivity contribution in [3.63, 3.8) is 0 Å². The van der Waals surface area contributed by atoms with Gasteiger partial charge in [0.05, 0.1) is 11.9 Å². The van der Waals surface area contributed by atoms with Crippen LogP contribution in [0.3, 0.4) is 0 Å². The highest BCUT2D eigenvalue weighted by molar-refractivity contribution is 5.44. The van der Waals surface area contributed by atoms with E-state index in [2.05, 4.69) is 42.3 Å². The molecule has 0 aromatic carbocycles. The normalized spacial score (nSPS) is 28.7. The molecule has 102 valence electrons. The zero-order valence-electron chi connectivity index (χ0n) is 12.1. The molecule has 3 unspecified atom stereocenters. The van der Waals surface area contributed by atoms with Crippen LogP contribution >= 0.6 is 0 Å². The smallest absolute Gasteiger partial charge is 0.0754 e. The summed E-state index contributed by atoms with van der Waals surface area (Å²) in [7, 11) is 1.98. The van der Waals surface area contributed by atoms with E-state index < -0.39 is 0 Å². The Balaban J connectivity index is 2.01. The first-order chi connectivity index (χ1) is 8.63. The zero-order chi connectivity index (χ0) is 13.1. The molecule has 4 heteroatoms. The molecule has 0 spiro atoms.